The summed E-state index contributed by atoms with van der Waals surface area (Å²) in [6.45, 7) is 8.75. The fraction of sp³-hybridized carbons (Fsp3) is 0.484. The van der Waals surface area contributed by atoms with Gasteiger partial charge in [-0.05, 0) is 55.5 Å². The van der Waals surface area contributed by atoms with Crippen LogP contribution in [-0.4, -0.2) is 68.6 Å². The number of ether oxygens (including phenoxy) is 1. The van der Waals surface area contributed by atoms with Crippen molar-refractivity contribution in [3.63, 3.8) is 0 Å². The van der Waals surface area contributed by atoms with Gasteiger partial charge in [-0.1, -0.05) is 32.0 Å². The van der Waals surface area contributed by atoms with Crippen molar-refractivity contribution in [3.8, 4) is 22.2 Å². The number of aromatic nitrogens is 4. The Morgan fingerprint density at radius 1 is 1.00 bits per heavy atom. The Balaban J connectivity index is 1.21. The van der Waals surface area contributed by atoms with Crippen LogP contribution in [0.15, 0.2) is 53.1 Å². The molecular weight excluding hydrogens is 536 g/mol. The maximum atomic E-state index is 9.96. The third-order valence-corrected chi connectivity index (χ3v) is 9.44. The molecule has 0 amide bonds. The first-order valence-electron chi connectivity index (χ1n) is 14.6. The first-order chi connectivity index (χ1) is 20.0. The van der Waals surface area contributed by atoms with Gasteiger partial charge in [0.2, 0.25) is 5.89 Å². The summed E-state index contributed by atoms with van der Waals surface area (Å²) in [7, 11) is 0. The summed E-state index contributed by atoms with van der Waals surface area (Å²) < 4.78 is 11.5. The van der Waals surface area contributed by atoms with Crippen molar-refractivity contribution in [2.75, 3.05) is 31.6 Å². The summed E-state index contributed by atoms with van der Waals surface area (Å²) in [6, 6.07) is 14.6. The van der Waals surface area contributed by atoms with Crippen LogP contribution in [0.5, 0.6) is 0 Å². The Kier molecular flexibility index (Phi) is 8.71. The second-order valence-corrected chi connectivity index (χ2v) is 12.3. The number of aliphatic hydroxyl groups is 1. The second-order valence-electron chi connectivity index (χ2n) is 11.2. The molecule has 10 heteroatoms. The average Bonchev–Trinajstić information content (AvgIpc) is 3.69. The zero-order chi connectivity index (χ0) is 28.2. The minimum atomic E-state index is -0.176. The highest BCUT2D eigenvalue weighted by Crippen LogP contribution is 2.38. The van der Waals surface area contributed by atoms with Gasteiger partial charge < -0.3 is 19.6 Å². The van der Waals surface area contributed by atoms with Crippen molar-refractivity contribution in [2.24, 2.45) is 0 Å². The van der Waals surface area contributed by atoms with E-state index >= 15 is 0 Å². The van der Waals surface area contributed by atoms with Crippen LogP contribution in [0.3, 0.4) is 0 Å². The number of hydrogen-bond donors (Lipinski definition) is 2. The maximum Gasteiger partial charge on any atom is 0.259 e. The molecule has 2 N–H and O–H groups in total. The maximum absolute atomic E-state index is 9.96. The second kappa shape index (κ2) is 12.8. The van der Waals surface area contributed by atoms with Crippen molar-refractivity contribution in [3.05, 3.63) is 64.9 Å². The van der Waals surface area contributed by atoms with E-state index in [2.05, 4.69) is 46.4 Å². The van der Waals surface area contributed by atoms with E-state index in [4.69, 9.17) is 19.1 Å². The largest absolute Gasteiger partial charge is 0.415 e. The lowest BCUT2D eigenvalue weighted by molar-refractivity contribution is 0.0342. The third kappa shape index (κ3) is 6.83. The number of nitrogens with one attached hydrogen (secondary N) is 1. The summed E-state index contributed by atoms with van der Waals surface area (Å²) in [4.78, 5) is 13.2. The van der Waals surface area contributed by atoms with Crippen molar-refractivity contribution in [1.82, 2.24) is 25.1 Å². The normalized spacial score (nSPS) is 21.4. The Morgan fingerprint density at radius 3 is 2.54 bits per heavy atom. The number of aliphatic hydroxyl groups excluding tert-OH is 1. The monoisotopic (exact) mass is 574 g/mol. The molecule has 3 aromatic heterocycles. The number of nitrogens with zero attached hydrogens (tertiary/aromatic N) is 5. The number of rotatable bonds is 9. The van der Waals surface area contributed by atoms with E-state index in [1.807, 2.05) is 36.5 Å². The number of thiazole rings is 1. The number of morpholine rings is 1. The smallest absolute Gasteiger partial charge is 0.259 e. The van der Waals surface area contributed by atoms with E-state index in [1.54, 1.807) is 11.3 Å². The first-order valence-corrected chi connectivity index (χ1v) is 15.4. The summed E-state index contributed by atoms with van der Waals surface area (Å²) in [5.41, 5.74) is 3.21. The molecule has 2 fully saturated rings. The lowest BCUT2D eigenvalue weighted by atomic mass is 9.91. The van der Waals surface area contributed by atoms with E-state index < -0.39 is 0 Å². The summed E-state index contributed by atoms with van der Waals surface area (Å²) in [6.07, 6.45) is 5.25. The van der Waals surface area contributed by atoms with Gasteiger partial charge in [0, 0.05) is 48.8 Å². The fourth-order valence-electron chi connectivity index (χ4n) is 5.54. The van der Waals surface area contributed by atoms with E-state index in [0.29, 0.717) is 17.8 Å². The molecule has 1 aromatic carbocycles. The van der Waals surface area contributed by atoms with Crippen LogP contribution in [0.2, 0.25) is 0 Å². The Morgan fingerprint density at radius 2 is 1.76 bits per heavy atom. The van der Waals surface area contributed by atoms with Gasteiger partial charge in [-0.15, -0.1) is 21.5 Å². The minimum Gasteiger partial charge on any atom is -0.415 e. The minimum absolute atomic E-state index is 0.147. The van der Waals surface area contributed by atoms with Gasteiger partial charge in [0.05, 0.1) is 30.5 Å². The number of pyridine rings is 1. The van der Waals surface area contributed by atoms with E-state index in [-0.39, 0.29) is 17.9 Å². The fourth-order valence-corrected chi connectivity index (χ4v) is 6.54. The quantitative estimate of drug-likeness (QED) is 0.260. The molecule has 216 valence electrons. The van der Waals surface area contributed by atoms with Crippen molar-refractivity contribution in [1.29, 1.82) is 0 Å². The molecule has 1 aliphatic heterocycles. The molecular formula is C31H38N6O3S. The average molecular weight is 575 g/mol. The van der Waals surface area contributed by atoms with E-state index in [1.165, 1.54) is 5.56 Å². The van der Waals surface area contributed by atoms with Gasteiger partial charge in [-0.25, -0.2) is 9.97 Å². The first kappa shape index (κ1) is 28.0. The highest BCUT2D eigenvalue weighted by atomic mass is 32.1. The topological polar surface area (TPSA) is 109 Å². The van der Waals surface area contributed by atoms with Crippen LogP contribution < -0.4 is 5.32 Å². The van der Waals surface area contributed by atoms with Crippen LogP contribution in [0.4, 0.5) is 5.82 Å². The molecule has 2 unspecified atom stereocenters. The molecule has 6 rings (SSSR count). The zero-order valence-electron chi connectivity index (χ0n) is 23.7. The van der Waals surface area contributed by atoms with Crippen molar-refractivity contribution in [2.45, 2.75) is 70.1 Å². The van der Waals surface area contributed by atoms with Gasteiger partial charge in [0.25, 0.3) is 5.89 Å². The van der Waals surface area contributed by atoms with E-state index in [0.717, 1.165) is 85.5 Å². The zero-order valence-corrected chi connectivity index (χ0v) is 24.5. The molecule has 4 heterocycles. The molecule has 2 atom stereocenters. The van der Waals surface area contributed by atoms with Gasteiger partial charge in [-0.2, -0.15) is 0 Å². The SMILES string of the molecule is CC(c1cc(CN2CCOCC2)cc(N[C@H]2CC[C@H](O)CC2)n1)C(C)c1ncc(-c2nnc(-c3ccccc3)o2)s1. The number of hydrogen-bond acceptors (Lipinski definition) is 10. The molecule has 0 spiro atoms. The predicted octanol–water partition coefficient (Wildman–Crippen LogP) is 5.71. The standard InChI is InChI=1S/C31H38N6O3S/c1-20(21(2)31-32-18-27(41-31)30-36-35-29(40-30)23-6-4-3-5-7-23)26-16-22(19-37-12-14-39-15-13-37)17-28(34-26)33-24-8-10-25(38)11-9-24/h3-7,16-18,20-21,24-25,38H,8-15,19H2,1-2H3,(H,33,34)/t20?,21?,24-,25-. The molecule has 1 aliphatic carbocycles. The molecule has 0 radical (unpaired) electrons. The lowest BCUT2D eigenvalue weighted by Crippen LogP contribution is -2.35. The van der Waals surface area contributed by atoms with Crippen LogP contribution in [0, 0.1) is 0 Å². The molecule has 1 saturated carbocycles. The Hall–Kier alpha value is -3.18. The Bertz CT molecular complexity index is 1410. The highest BCUT2D eigenvalue weighted by molar-refractivity contribution is 7.15. The summed E-state index contributed by atoms with van der Waals surface area (Å²) >= 11 is 1.59. The van der Waals surface area contributed by atoms with Crippen LogP contribution in [-0.2, 0) is 11.3 Å². The van der Waals surface area contributed by atoms with Gasteiger partial charge in [0.15, 0.2) is 0 Å². The van der Waals surface area contributed by atoms with Crippen molar-refractivity contribution >= 4 is 17.2 Å². The number of benzene rings is 1. The lowest BCUT2D eigenvalue weighted by Gasteiger charge is -2.29. The van der Waals surface area contributed by atoms with Gasteiger partial charge in [0.1, 0.15) is 10.7 Å². The van der Waals surface area contributed by atoms with E-state index in [9.17, 15) is 5.11 Å². The van der Waals surface area contributed by atoms with Crippen LogP contribution in [0.25, 0.3) is 22.2 Å². The molecule has 2 aliphatic rings. The van der Waals surface area contributed by atoms with Crippen LogP contribution >= 0.6 is 11.3 Å². The third-order valence-electron chi connectivity index (χ3n) is 8.25. The van der Waals surface area contributed by atoms with Crippen LogP contribution in [0.1, 0.15) is 67.6 Å². The summed E-state index contributed by atoms with van der Waals surface area (Å²) in [5.74, 6) is 2.21. The summed E-state index contributed by atoms with van der Waals surface area (Å²) in [5, 5.41) is 23.2. The highest BCUT2D eigenvalue weighted by Gasteiger charge is 2.25. The Labute approximate surface area is 245 Å². The molecule has 9 nitrogen and oxygen atoms in total. The molecule has 41 heavy (non-hydrogen) atoms. The predicted molar refractivity (Wildman–Crippen MR) is 160 cm³/mol. The molecule has 4 aromatic rings. The number of anilines is 1. The molecule has 1 saturated heterocycles. The van der Waals surface area contributed by atoms with Gasteiger partial charge >= 0.3 is 0 Å². The van der Waals surface area contributed by atoms with Gasteiger partial charge in [-0.3, -0.25) is 4.90 Å². The molecule has 0 bridgehead atoms. The van der Waals surface area contributed by atoms with Crippen molar-refractivity contribution < 1.29 is 14.3 Å².